The first-order chi connectivity index (χ1) is 8.54. The van der Waals surface area contributed by atoms with Gasteiger partial charge in [-0.15, -0.1) is 0 Å². The van der Waals surface area contributed by atoms with E-state index in [0.29, 0.717) is 18.7 Å². The zero-order valence-electron chi connectivity index (χ0n) is 10.9. The van der Waals surface area contributed by atoms with Gasteiger partial charge in [-0.3, -0.25) is 4.79 Å². The van der Waals surface area contributed by atoms with Crippen LogP contribution >= 0.6 is 0 Å². The van der Waals surface area contributed by atoms with Gasteiger partial charge in [-0.05, 0) is 19.1 Å². The Morgan fingerprint density at radius 2 is 2.11 bits per heavy atom. The summed E-state index contributed by atoms with van der Waals surface area (Å²) in [6.45, 7) is 4.65. The highest BCUT2D eigenvalue weighted by molar-refractivity contribution is 5.84. The molecule has 1 aromatic carbocycles. The maximum absolute atomic E-state index is 13.4. The van der Waals surface area contributed by atoms with E-state index < -0.39 is 0 Å². The van der Waals surface area contributed by atoms with Gasteiger partial charge in [0.05, 0.1) is 7.11 Å². The van der Waals surface area contributed by atoms with Crippen molar-refractivity contribution in [2.45, 2.75) is 26.3 Å². The van der Waals surface area contributed by atoms with Crippen molar-refractivity contribution >= 4 is 11.5 Å². The third kappa shape index (κ3) is 2.19. The molecule has 18 heavy (non-hydrogen) atoms. The lowest BCUT2D eigenvalue weighted by atomic mass is 9.90. The highest BCUT2D eigenvalue weighted by atomic mass is 19.1. The standard InChI is InChI=1S/C14H18FNO2/c1-9-10(2)16(7-6-13(9)17)11-4-5-12(15)14(8-11)18-3/h4-5,8-10H,6-7H2,1-3H3. The maximum Gasteiger partial charge on any atom is 0.165 e. The highest BCUT2D eigenvalue weighted by Gasteiger charge is 2.31. The van der Waals surface area contributed by atoms with Crippen molar-refractivity contribution in [2.75, 3.05) is 18.6 Å². The Morgan fingerprint density at radius 3 is 2.78 bits per heavy atom. The molecule has 1 fully saturated rings. The molecular weight excluding hydrogens is 233 g/mol. The van der Waals surface area contributed by atoms with E-state index in [0.717, 1.165) is 5.69 Å². The van der Waals surface area contributed by atoms with Crippen LogP contribution in [0.3, 0.4) is 0 Å². The zero-order valence-corrected chi connectivity index (χ0v) is 10.9. The molecule has 0 saturated carbocycles. The molecule has 4 heteroatoms. The maximum atomic E-state index is 13.4. The largest absolute Gasteiger partial charge is 0.494 e. The molecule has 2 unspecified atom stereocenters. The molecule has 0 amide bonds. The third-order valence-electron chi connectivity index (χ3n) is 3.79. The average molecular weight is 251 g/mol. The first-order valence-corrected chi connectivity index (χ1v) is 6.17. The Morgan fingerprint density at radius 1 is 1.39 bits per heavy atom. The third-order valence-corrected chi connectivity index (χ3v) is 3.79. The molecule has 0 radical (unpaired) electrons. The van der Waals surface area contributed by atoms with Gasteiger partial charge in [0.25, 0.3) is 0 Å². The van der Waals surface area contributed by atoms with Crippen LogP contribution in [0.2, 0.25) is 0 Å². The van der Waals surface area contributed by atoms with Gasteiger partial charge in [-0.2, -0.15) is 0 Å². The lowest BCUT2D eigenvalue weighted by Gasteiger charge is -2.38. The van der Waals surface area contributed by atoms with Crippen LogP contribution in [-0.2, 0) is 4.79 Å². The monoisotopic (exact) mass is 251 g/mol. The Labute approximate surface area is 107 Å². The summed E-state index contributed by atoms with van der Waals surface area (Å²) in [5, 5.41) is 0. The number of carbonyl (C=O) groups is 1. The number of methoxy groups -OCH3 is 1. The summed E-state index contributed by atoms with van der Waals surface area (Å²) < 4.78 is 18.4. The summed E-state index contributed by atoms with van der Waals surface area (Å²) in [5.74, 6) is 0.182. The smallest absolute Gasteiger partial charge is 0.165 e. The minimum absolute atomic E-state index is 0.00907. The normalized spacial score (nSPS) is 24.2. The summed E-state index contributed by atoms with van der Waals surface area (Å²) in [7, 11) is 1.45. The van der Waals surface area contributed by atoms with Crippen molar-refractivity contribution in [1.29, 1.82) is 0 Å². The van der Waals surface area contributed by atoms with E-state index in [1.807, 2.05) is 13.8 Å². The minimum Gasteiger partial charge on any atom is -0.494 e. The molecular formula is C14H18FNO2. The lowest BCUT2D eigenvalue weighted by molar-refractivity contribution is -0.123. The van der Waals surface area contributed by atoms with Crippen molar-refractivity contribution in [3.8, 4) is 5.75 Å². The fraction of sp³-hybridized carbons (Fsp3) is 0.500. The highest BCUT2D eigenvalue weighted by Crippen LogP contribution is 2.30. The second-order valence-electron chi connectivity index (χ2n) is 4.76. The van der Waals surface area contributed by atoms with Crippen LogP contribution in [0.1, 0.15) is 20.3 Å². The number of nitrogens with zero attached hydrogens (tertiary/aromatic N) is 1. The molecule has 1 aromatic rings. The zero-order chi connectivity index (χ0) is 13.3. The molecule has 0 spiro atoms. The average Bonchev–Trinajstić information content (AvgIpc) is 2.37. The molecule has 1 saturated heterocycles. The van der Waals surface area contributed by atoms with E-state index in [-0.39, 0.29) is 23.5 Å². The number of carbonyl (C=O) groups excluding carboxylic acids is 1. The number of ketones is 1. The Kier molecular flexibility index (Phi) is 3.55. The van der Waals surface area contributed by atoms with Crippen LogP contribution in [0.5, 0.6) is 5.75 Å². The molecule has 1 aliphatic heterocycles. The molecule has 0 aliphatic carbocycles. The summed E-state index contributed by atoms with van der Waals surface area (Å²) in [6, 6.07) is 4.95. The van der Waals surface area contributed by atoms with E-state index in [2.05, 4.69) is 4.90 Å². The molecule has 1 aliphatic rings. The van der Waals surface area contributed by atoms with Gasteiger partial charge < -0.3 is 9.64 Å². The van der Waals surface area contributed by atoms with E-state index in [4.69, 9.17) is 4.74 Å². The molecule has 98 valence electrons. The van der Waals surface area contributed by atoms with Crippen LogP contribution < -0.4 is 9.64 Å². The van der Waals surface area contributed by atoms with E-state index in [1.165, 1.54) is 13.2 Å². The molecule has 0 bridgehead atoms. The van der Waals surface area contributed by atoms with E-state index >= 15 is 0 Å². The fourth-order valence-electron chi connectivity index (χ4n) is 2.39. The number of hydrogen-bond acceptors (Lipinski definition) is 3. The molecule has 2 atom stereocenters. The van der Waals surface area contributed by atoms with Gasteiger partial charge in [0.15, 0.2) is 11.6 Å². The topological polar surface area (TPSA) is 29.5 Å². The van der Waals surface area contributed by atoms with Gasteiger partial charge in [-0.1, -0.05) is 6.92 Å². The summed E-state index contributed by atoms with van der Waals surface area (Å²) >= 11 is 0. The number of rotatable bonds is 2. The van der Waals surface area contributed by atoms with Crippen LogP contribution in [0, 0.1) is 11.7 Å². The van der Waals surface area contributed by atoms with E-state index in [1.54, 1.807) is 12.1 Å². The summed E-state index contributed by atoms with van der Waals surface area (Å²) in [5.41, 5.74) is 0.903. The van der Waals surface area contributed by atoms with Crippen LogP contribution in [0.15, 0.2) is 18.2 Å². The number of ether oxygens (including phenoxy) is 1. The first kappa shape index (κ1) is 12.9. The minimum atomic E-state index is -0.366. The molecule has 3 nitrogen and oxygen atoms in total. The summed E-state index contributed by atoms with van der Waals surface area (Å²) in [4.78, 5) is 13.8. The van der Waals surface area contributed by atoms with Gasteiger partial charge in [-0.25, -0.2) is 4.39 Å². The van der Waals surface area contributed by atoms with Crippen LogP contribution in [-0.4, -0.2) is 25.5 Å². The second-order valence-corrected chi connectivity index (χ2v) is 4.76. The number of halogens is 1. The Balaban J connectivity index is 2.28. The van der Waals surface area contributed by atoms with Crippen LogP contribution in [0.4, 0.5) is 10.1 Å². The van der Waals surface area contributed by atoms with Crippen molar-refractivity contribution in [2.24, 2.45) is 5.92 Å². The van der Waals surface area contributed by atoms with Crippen LogP contribution in [0.25, 0.3) is 0 Å². The van der Waals surface area contributed by atoms with Gasteiger partial charge in [0, 0.05) is 36.7 Å². The number of hydrogen-bond donors (Lipinski definition) is 0. The van der Waals surface area contributed by atoms with E-state index in [9.17, 15) is 9.18 Å². The van der Waals surface area contributed by atoms with Crippen molar-refractivity contribution in [1.82, 2.24) is 0 Å². The molecule has 0 aromatic heterocycles. The fourth-order valence-corrected chi connectivity index (χ4v) is 2.39. The lowest BCUT2D eigenvalue weighted by Crippen LogP contribution is -2.46. The number of piperidine rings is 1. The quantitative estimate of drug-likeness (QED) is 0.809. The van der Waals surface area contributed by atoms with Gasteiger partial charge in [0.2, 0.25) is 0 Å². The SMILES string of the molecule is COc1cc(N2CCC(=O)C(C)C2C)ccc1F. The molecule has 0 N–H and O–H groups in total. The molecule has 2 rings (SSSR count). The van der Waals surface area contributed by atoms with Gasteiger partial charge >= 0.3 is 0 Å². The van der Waals surface area contributed by atoms with Crippen molar-refractivity contribution in [3.63, 3.8) is 0 Å². The van der Waals surface area contributed by atoms with Crippen molar-refractivity contribution < 1.29 is 13.9 Å². The number of benzene rings is 1. The Bertz CT molecular complexity index is 461. The van der Waals surface area contributed by atoms with Gasteiger partial charge in [0.1, 0.15) is 5.78 Å². The summed E-state index contributed by atoms with van der Waals surface area (Å²) in [6.07, 6.45) is 0.547. The predicted octanol–water partition coefficient (Wildman–Crippen LogP) is 2.64. The number of anilines is 1. The predicted molar refractivity (Wildman–Crippen MR) is 68.5 cm³/mol. The van der Waals surface area contributed by atoms with Crippen molar-refractivity contribution in [3.05, 3.63) is 24.0 Å². The molecule has 1 heterocycles. The number of Topliss-reactive ketones (excluding diaryl/α,β-unsaturated/α-hetero) is 1. The Hall–Kier alpha value is -1.58. The second kappa shape index (κ2) is 4.96. The first-order valence-electron chi connectivity index (χ1n) is 6.17.